The summed E-state index contributed by atoms with van der Waals surface area (Å²) in [6.07, 6.45) is 1.25. The zero-order valence-corrected chi connectivity index (χ0v) is 19.7. The van der Waals surface area contributed by atoms with Crippen molar-refractivity contribution >= 4 is 17.6 Å². The molecule has 33 heavy (non-hydrogen) atoms. The van der Waals surface area contributed by atoms with E-state index in [1.54, 1.807) is 0 Å². The molecule has 176 valence electrons. The summed E-state index contributed by atoms with van der Waals surface area (Å²) in [6, 6.07) is 13.7. The Morgan fingerprint density at radius 1 is 1.15 bits per heavy atom. The van der Waals surface area contributed by atoms with E-state index >= 15 is 0 Å². The number of nitrogens with one attached hydrogen (secondary N) is 1. The van der Waals surface area contributed by atoms with Crippen molar-refractivity contribution in [3.63, 3.8) is 0 Å². The Morgan fingerprint density at radius 2 is 1.91 bits per heavy atom. The maximum Gasteiger partial charge on any atom is 0.324 e. The highest BCUT2D eigenvalue weighted by Crippen LogP contribution is 2.35. The molecule has 7 nitrogen and oxygen atoms in total. The van der Waals surface area contributed by atoms with Gasteiger partial charge in [-0.2, -0.15) is 0 Å². The van der Waals surface area contributed by atoms with Gasteiger partial charge in [0.05, 0.1) is 18.8 Å². The third kappa shape index (κ3) is 5.24. The Morgan fingerprint density at radius 3 is 2.67 bits per heavy atom. The molecule has 2 aromatic carbocycles. The highest BCUT2D eigenvalue weighted by Gasteiger charge is 2.34. The van der Waals surface area contributed by atoms with E-state index in [0.717, 1.165) is 28.3 Å². The molecule has 7 heteroatoms. The number of ether oxygens (including phenoxy) is 2. The van der Waals surface area contributed by atoms with Gasteiger partial charge in [0.2, 0.25) is 5.91 Å². The molecule has 0 aromatic heterocycles. The number of fused-ring (bicyclic) bond motifs is 1. The number of anilines is 1. The quantitative estimate of drug-likeness (QED) is 0.742. The highest BCUT2D eigenvalue weighted by molar-refractivity contribution is 5.94. The third-order valence-corrected chi connectivity index (χ3v) is 6.27. The number of amides is 3. The van der Waals surface area contributed by atoms with Gasteiger partial charge < -0.3 is 19.7 Å². The summed E-state index contributed by atoms with van der Waals surface area (Å²) in [5.74, 6) is 1.49. The van der Waals surface area contributed by atoms with Gasteiger partial charge in [-0.3, -0.25) is 9.69 Å². The maximum atomic E-state index is 13.3. The van der Waals surface area contributed by atoms with Gasteiger partial charge in [-0.15, -0.1) is 0 Å². The largest absolute Gasteiger partial charge is 0.494 e. The van der Waals surface area contributed by atoms with Gasteiger partial charge in [0.25, 0.3) is 0 Å². The first-order valence-electron chi connectivity index (χ1n) is 11.8. The van der Waals surface area contributed by atoms with Gasteiger partial charge in [-0.05, 0) is 57.4 Å². The van der Waals surface area contributed by atoms with Crippen molar-refractivity contribution in [2.24, 2.45) is 5.92 Å². The van der Waals surface area contributed by atoms with Crippen LogP contribution < -0.4 is 19.7 Å². The Hall–Kier alpha value is -3.22. The topological polar surface area (TPSA) is 71.1 Å². The fourth-order valence-electron chi connectivity index (χ4n) is 4.51. The molecular weight excluding hydrogens is 418 g/mol. The fourth-order valence-corrected chi connectivity index (χ4v) is 4.51. The van der Waals surface area contributed by atoms with Crippen molar-refractivity contribution in [3.8, 4) is 11.5 Å². The molecule has 1 atom stereocenters. The summed E-state index contributed by atoms with van der Waals surface area (Å²) in [4.78, 5) is 29.8. The molecule has 2 heterocycles. The lowest BCUT2D eigenvalue weighted by atomic mass is 9.96. The third-order valence-electron chi connectivity index (χ3n) is 6.27. The van der Waals surface area contributed by atoms with E-state index in [0.29, 0.717) is 45.6 Å². The van der Waals surface area contributed by atoms with E-state index in [-0.39, 0.29) is 24.0 Å². The van der Waals surface area contributed by atoms with Gasteiger partial charge in [0.15, 0.2) is 0 Å². The lowest BCUT2D eigenvalue weighted by Gasteiger charge is -2.39. The number of piperidine rings is 1. The molecule has 2 aliphatic rings. The first-order chi connectivity index (χ1) is 16.0. The molecule has 0 unspecified atom stereocenters. The van der Waals surface area contributed by atoms with Crippen LogP contribution in [0.25, 0.3) is 0 Å². The van der Waals surface area contributed by atoms with Crippen molar-refractivity contribution in [2.75, 3.05) is 31.1 Å². The molecule has 3 amide bonds. The van der Waals surface area contributed by atoms with Gasteiger partial charge in [0, 0.05) is 31.1 Å². The number of carbonyl (C=O) groups is 2. The number of hydrogen-bond acceptors (Lipinski definition) is 4. The predicted octanol–water partition coefficient (Wildman–Crippen LogP) is 4.13. The van der Waals surface area contributed by atoms with Crippen LogP contribution in [0.2, 0.25) is 0 Å². The van der Waals surface area contributed by atoms with Gasteiger partial charge in [-0.1, -0.05) is 24.3 Å². The normalized spacial score (nSPS) is 18.3. The number of rotatable bonds is 5. The van der Waals surface area contributed by atoms with Crippen LogP contribution in [0.4, 0.5) is 10.5 Å². The second-order valence-electron chi connectivity index (χ2n) is 8.81. The number of nitrogens with zero attached hydrogens (tertiary/aromatic N) is 2. The molecular formula is C26H33N3O4. The monoisotopic (exact) mass is 451 g/mol. The molecule has 2 aromatic rings. The smallest absolute Gasteiger partial charge is 0.324 e. The highest BCUT2D eigenvalue weighted by atomic mass is 16.5. The summed E-state index contributed by atoms with van der Waals surface area (Å²) >= 11 is 0. The number of para-hydroxylation sites is 1. The molecule has 1 fully saturated rings. The molecule has 0 radical (unpaired) electrons. The summed E-state index contributed by atoms with van der Waals surface area (Å²) < 4.78 is 11.6. The standard InChI is InChI=1S/C26H33N3O4/c1-4-32-23-8-6-5-7-21(23)16-27-25(30)20-11-13-28(14-12-20)26(31)29-17-19(3)33-24-10-9-18(2)15-22(24)29/h5-10,15,19-20H,4,11-14,16-17H2,1-3H3,(H,27,30)/t19-/m0/s1. The lowest BCUT2D eigenvalue weighted by Crippen LogP contribution is -2.52. The number of urea groups is 1. The van der Waals surface area contributed by atoms with Crippen molar-refractivity contribution in [3.05, 3.63) is 53.6 Å². The van der Waals surface area contributed by atoms with Crippen LogP contribution in [0.1, 0.15) is 37.8 Å². The van der Waals surface area contributed by atoms with E-state index in [1.807, 2.05) is 73.0 Å². The van der Waals surface area contributed by atoms with Crippen molar-refractivity contribution < 1.29 is 19.1 Å². The van der Waals surface area contributed by atoms with Crippen LogP contribution in [0.5, 0.6) is 11.5 Å². The molecule has 1 saturated heterocycles. The average molecular weight is 452 g/mol. The van der Waals surface area contributed by atoms with E-state index in [2.05, 4.69) is 5.32 Å². The zero-order valence-electron chi connectivity index (χ0n) is 19.7. The molecule has 0 spiro atoms. The van der Waals surface area contributed by atoms with Gasteiger partial charge in [-0.25, -0.2) is 4.79 Å². The van der Waals surface area contributed by atoms with Gasteiger partial charge in [0.1, 0.15) is 17.6 Å². The molecule has 0 bridgehead atoms. The first-order valence-corrected chi connectivity index (χ1v) is 11.8. The van der Waals surface area contributed by atoms with Crippen LogP contribution in [-0.4, -0.2) is 49.2 Å². The van der Waals surface area contributed by atoms with E-state index in [1.165, 1.54) is 0 Å². The molecule has 2 aliphatic heterocycles. The van der Waals surface area contributed by atoms with Crippen LogP contribution in [0, 0.1) is 12.8 Å². The van der Waals surface area contributed by atoms with Crippen molar-refractivity contribution in [2.45, 2.75) is 46.3 Å². The SMILES string of the molecule is CCOc1ccccc1CNC(=O)C1CCN(C(=O)N2C[C@H](C)Oc3ccc(C)cc32)CC1. The van der Waals surface area contributed by atoms with Crippen molar-refractivity contribution in [1.82, 2.24) is 10.2 Å². The maximum absolute atomic E-state index is 13.3. The molecule has 1 N–H and O–H groups in total. The van der Waals surface area contributed by atoms with Crippen molar-refractivity contribution in [1.29, 1.82) is 0 Å². The summed E-state index contributed by atoms with van der Waals surface area (Å²) in [5.41, 5.74) is 2.88. The molecule has 4 rings (SSSR count). The minimum absolute atomic E-state index is 0.0125. The van der Waals surface area contributed by atoms with E-state index in [9.17, 15) is 9.59 Å². The Bertz CT molecular complexity index is 1000. The summed E-state index contributed by atoms with van der Waals surface area (Å²) in [7, 11) is 0. The zero-order chi connectivity index (χ0) is 23.4. The van der Waals surface area contributed by atoms with E-state index < -0.39 is 0 Å². The Kier molecular flexibility index (Phi) is 7.06. The minimum atomic E-state index is -0.0913. The number of likely N-dealkylation sites (tertiary alicyclic amines) is 1. The van der Waals surface area contributed by atoms with Crippen LogP contribution >= 0.6 is 0 Å². The minimum Gasteiger partial charge on any atom is -0.494 e. The predicted molar refractivity (Wildman–Crippen MR) is 128 cm³/mol. The second kappa shape index (κ2) is 10.1. The number of hydrogen-bond donors (Lipinski definition) is 1. The summed E-state index contributed by atoms with van der Waals surface area (Å²) in [6.45, 7) is 8.62. The van der Waals surface area contributed by atoms with E-state index in [4.69, 9.17) is 9.47 Å². The molecule has 0 aliphatic carbocycles. The lowest BCUT2D eigenvalue weighted by molar-refractivity contribution is -0.126. The second-order valence-corrected chi connectivity index (χ2v) is 8.81. The Balaban J connectivity index is 1.33. The number of benzene rings is 2. The fraction of sp³-hybridized carbons (Fsp3) is 0.462. The van der Waals surface area contributed by atoms with Crippen LogP contribution in [0.15, 0.2) is 42.5 Å². The number of aryl methyl sites for hydroxylation is 1. The molecule has 0 saturated carbocycles. The number of carbonyl (C=O) groups excluding carboxylic acids is 2. The average Bonchev–Trinajstić information content (AvgIpc) is 2.83. The summed E-state index contributed by atoms with van der Waals surface area (Å²) in [5, 5.41) is 3.05. The van der Waals surface area contributed by atoms with Crippen LogP contribution in [-0.2, 0) is 11.3 Å². The Labute approximate surface area is 195 Å². The van der Waals surface area contributed by atoms with Crippen LogP contribution in [0.3, 0.4) is 0 Å². The van der Waals surface area contributed by atoms with Gasteiger partial charge >= 0.3 is 6.03 Å². The first kappa shape index (κ1) is 23.0.